The van der Waals surface area contributed by atoms with Crippen molar-refractivity contribution in [1.82, 2.24) is 10.5 Å². The Morgan fingerprint density at radius 1 is 1.29 bits per heavy atom. The summed E-state index contributed by atoms with van der Waals surface area (Å²) in [5.74, 6) is 0.432. The summed E-state index contributed by atoms with van der Waals surface area (Å²) < 4.78 is 9.78. The highest BCUT2D eigenvalue weighted by atomic mass is 16.5. The van der Waals surface area contributed by atoms with Gasteiger partial charge in [0.25, 0.3) is 5.91 Å². The Labute approximate surface area is 139 Å². The fourth-order valence-corrected chi connectivity index (χ4v) is 1.98. The van der Waals surface area contributed by atoms with Gasteiger partial charge in [-0.2, -0.15) is 0 Å². The topological polar surface area (TPSA) is 105 Å². The summed E-state index contributed by atoms with van der Waals surface area (Å²) in [7, 11) is 1.57. The van der Waals surface area contributed by atoms with Crippen molar-refractivity contribution in [1.29, 1.82) is 0 Å². The molecule has 1 aromatic heterocycles. The number of carbonyl (C=O) groups is 2. The molecule has 0 radical (unpaired) electrons. The molecule has 0 atom stereocenters. The lowest BCUT2D eigenvalue weighted by atomic mass is 10.1. The highest BCUT2D eigenvalue weighted by molar-refractivity contribution is 6.00. The summed E-state index contributed by atoms with van der Waals surface area (Å²) in [6.45, 7) is 2.57. The lowest BCUT2D eigenvalue weighted by Crippen LogP contribution is -2.28. The van der Waals surface area contributed by atoms with Crippen molar-refractivity contribution in [3.63, 3.8) is 0 Å². The van der Waals surface area contributed by atoms with E-state index in [9.17, 15) is 9.59 Å². The van der Waals surface area contributed by atoms with Crippen molar-refractivity contribution >= 4 is 23.3 Å². The molecule has 2 amide bonds. The number of nitrogens with one attached hydrogen (secondary N) is 3. The standard InChI is InChI=1S/C16H20N4O4/c1-11-9-14(20-24-11)19-15(21)10-18-13-6-4-3-5-12(13)16(22)17-7-8-23-2/h3-6,9,18H,7-8,10H2,1-2H3,(H,17,22)(H,19,20,21). The summed E-state index contributed by atoms with van der Waals surface area (Å²) in [4.78, 5) is 24.1. The van der Waals surface area contributed by atoms with E-state index in [4.69, 9.17) is 9.26 Å². The molecule has 0 spiro atoms. The molecule has 2 aromatic rings. The van der Waals surface area contributed by atoms with Gasteiger partial charge in [-0.25, -0.2) is 0 Å². The average molecular weight is 332 g/mol. The first kappa shape index (κ1) is 17.5. The third-order valence-electron chi connectivity index (χ3n) is 3.10. The molecule has 0 aliphatic rings. The Morgan fingerprint density at radius 2 is 2.08 bits per heavy atom. The van der Waals surface area contributed by atoms with Crippen LogP contribution in [-0.4, -0.2) is 43.8 Å². The van der Waals surface area contributed by atoms with E-state index in [1.54, 1.807) is 44.4 Å². The minimum atomic E-state index is -0.294. The van der Waals surface area contributed by atoms with E-state index in [2.05, 4.69) is 21.1 Å². The van der Waals surface area contributed by atoms with E-state index >= 15 is 0 Å². The molecule has 2 rings (SSSR count). The molecule has 0 saturated carbocycles. The van der Waals surface area contributed by atoms with Crippen LogP contribution in [0, 0.1) is 6.92 Å². The molecule has 24 heavy (non-hydrogen) atoms. The summed E-state index contributed by atoms with van der Waals surface area (Å²) in [5.41, 5.74) is 1.03. The third-order valence-corrected chi connectivity index (χ3v) is 3.10. The molecular formula is C16H20N4O4. The van der Waals surface area contributed by atoms with Gasteiger partial charge in [0.05, 0.1) is 18.7 Å². The fraction of sp³-hybridized carbons (Fsp3) is 0.312. The SMILES string of the molecule is COCCNC(=O)c1ccccc1NCC(=O)Nc1cc(C)on1. The first-order valence-corrected chi connectivity index (χ1v) is 7.43. The van der Waals surface area contributed by atoms with Gasteiger partial charge < -0.3 is 25.2 Å². The quantitative estimate of drug-likeness (QED) is 0.631. The maximum Gasteiger partial charge on any atom is 0.253 e. The van der Waals surface area contributed by atoms with Crippen LogP contribution >= 0.6 is 0 Å². The second kappa shape index (κ2) is 8.68. The van der Waals surface area contributed by atoms with Gasteiger partial charge in [0.1, 0.15) is 5.76 Å². The van der Waals surface area contributed by atoms with Crippen LogP contribution in [0.25, 0.3) is 0 Å². The minimum Gasteiger partial charge on any atom is -0.383 e. The van der Waals surface area contributed by atoms with Gasteiger partial charge in [0, 0.05) is 25.4 Å². The first-order chi connectivity index (χ1) is 11.6. The molecule has 0 fully saturated rings. The summed E-state index contributed by atoms with van der Waals surface area (Å²) in [5, 5.41) is 12.0. The van der Waals surface area contributed by atoms with E-state index in [0.717, 1.165) is 0 Å². The highest BCUT2D eigenvalue weighted by Crippen LogP contribution is 2.14. The number of aryl methyl sites for hydroxylation is 1. The van der Waals surface area contributed by atoms with Crippen molar-refractivity contribution in [2.24, 2.45) is 0 Å². The number of methoxy groups -OCH3 is 1. The highest BCUT2D eigenvalue weighted by Gasteiger charge is 2.12. The Balaban J connectivity index is 1.92. The van der Waals surface area contributed by atoms with Crippen LogP contribution < -0.4 is 16.0 Å². The van der Waals surface area contributed by atoms with Crippen LogP contribution in [0.5, 0.6) is 0 Å². The molecule has 8 nitrogen and oxygen atoms in total. The van der Waals surface area contributed by atoms with Gasteiger partial charge in [-0.05, 0) is 19.1 Å². The van der Waals surface area contributed by atoms with Gasteiger partial charge in [0.2, 0.25) is 5.91 Å². The van der Waals surface area contributed by atoms with Crippen molar-refractivity contribution < 1.29 is 18.8 Å². The second-order valence-corrected chi connectivity index (χ2v) is 5.02. The number of carbonyl (C=O) groups excluding carboxylic acids is 2. The number of nitrogens with zero attached hydrogens (tertiary/aromatic N) is 1. The molecule has 128 valence electrons. The number of rotatable bonds is 8. The molecule has 1 heterocycles. The zero-order valence-electron chi connectivity index (χ0n) is 13.6. The zero-order chi connectivity index (χ0) is 17.4. The number of para-hydroxylation sites is 1. The normalized spacial score (nSPS) is 10.2. The van der Waals surface area contributed by atoms with Gasteiger partial charge in [0.15, 0.2) is 5.82 Å². The van der Waals surface area contributed by atoms with Gasteiger partial charge >= 0.3 is 0 Å². The molecule has 0 bridgehead atoms. The van der Waals surface area contributed by atoms with E-state index in [0.29, 0.717) is 36.0 Å². The second-order valence-electron chi connectivity index (χ2n) is 5.02. The average Bonchev–Trinajstić information content (AvgIpc) is 2.98. The molecule has 0 unspecified atom stereocenters. The number of aromatic nitrogens is 1. The molecule has 0 aliphatic carbocycles. The zero-order valence-corrected chi connectivity index (χ0v) is 13.6. The van der Waals surface area contributed by atoms with Crippen LogP contribution in [0.3, 0.4) is 0 Å². The molecule has 8 heteroatoms. The lowest BCUT2D eigenvalue weighted by molar-refractivity contribution is -0.114. The predicted molar refractivity (Wildman–Crippen MR) is 89.0 cm³/mol. The maximum atomic E-state index is 12.1. The smallest absolute Gasteiger partial charge is 0.253 e. The van der Waals surface area contributed by atoms with Gasteiger partial charge in [-0.3, -0.25) is 9.59 Å². The number of hydrogen-bond donors (Lipinski definition) is 3. The van der Waals surface area contributed by atoms with Crippen molar-refractivity contribution in [3.8, 4) is 0 Å². The molecule has 3 N–H and O–H groups in total. The van der Waals surface area contributed by atoms with E-state index in [-0.39, 0.29) is 18.4 Å². The Morgan fingerprint density at radius 3 is 2.79 bits per heavy atom. The number of ether oxygens (including phenoxy) is 1. The van der Waals surface area contributed by atoms with Crippen molar-refractivity contribution in [2.75, 3.05) is 37.4 Å². The maximum absolute atomic E-state index is 12.1. The van der Waals surface area contributed by atoms with E-state index in [1.807, 2.05) is 0 Å². The number of hydrogen-bond acceptors (Lipinski definition) is 6. The summed E-state index contributed by atoms with van der Waals surface area (Å²) >= 11 is 0. The van der Waals surface area contributed by atoms with Crippen molar-refractivity contribution in [3.05, 3.63) is 41.7 Å². The third kappa shape index (κ3) is 5.10. The first-order valence-electron chi connectivity index (χ1n) is 7.43. The number of benzene rings is 1. The molecular weight excluding hydrogens is 312 g/mol. The summed E-state index contributed by atoms with van der Waals surface area (Å²) in [6, 6.07) is 8.58. The van der Waals surface area contributed by atoms with E-state index < -0.39 is 0 Å². The van der Waals surface area contributed by atoms with Gasteiger partial charge in [-0.1, -0.05) is 17.3 Å². The number of anilines is 2. The minimum absolute atomic E-state index is 0.00568. The predicted octanol–water partition coefficient (Wildman–Crippen LogP) is 1.41. The van der Waals surface area contributed by atoms with E-state index in [1.165, 1.54) is 0 Å². The molecule has 0 aliphatic heterocycles. The Bertz CT molecular complexity index is 699. The van der Waals surface area contributed by atoms with Crippen LogP contribution in [0.15, 0.2) is 34.9 Å². The van der Waals surface area contributed by atoms with Crippen LogP contribution in [0.2, 0.25) is 0 Å². The summed E-state index contributed by atoms with van der Waals surface area (Å²) in [6.07, 6.45) is 0. The van der Waals surface area contributed by atoms with Crippen LogP contribution in [0.4, 0.5) is 11.5 Å². The molecule has 1 aromatic carbocycles. The Kier molecular flexibility index (Phi) is 6.32. The largest absolute Gasteiger partial charge is 0.383 e. The number of amides is 2. The lowest BCUT2D eigenvalue weighted by Gasteiger charge is -2.11. The molecule has 0 saturated heterocycles. The van der Waals surface area contributed by atoms with Crippen LogP contribution in [0.1, 0.15) is 16.1 Å². The fourth-order valence-electron chi connectivity index (χ4n) is 1.98. The monoisotopic (exact) mass is 332 g/mol. The van der Waals surface area contributed by atoms with Gasteiger partial charge in [-0.15, -0.1) is 0 Å². The Hall–Kier alpha value is -2.87. The van der Waals surface area contributed by atoms with Crippen molar-refractivity contribution in [2.45, 2.75) is 6.92 Å². The van der Waals surface area contributed by atoms with Crippen LogP contribution in [-0.2, 0) is 9.53 Å².